The highest BCUT2D eigenvalue weighted by Crippen LogP contribution is 2.34. The third kappa shape index (κ3) is 2.76. The lowest BCUT2D eigenvalue weighted by Gasteiger charge is -2.24. The summed E-state index contributed by atoms with van der Waals surface area (Å²) in [7, 11) is 0. The summed E-state index contributed by atoms with van der Waals surface area (Å²) in [4.78, 5) is 14.1. The van der Waals surface area contributed by atoms with Crippen molar-refractivity contribution in [3.8, 4) is 6.07 Å². The molecular weight excluding hydrogens is 318 g/mol. The van der Waals surface area contributed by atoms with Gasteiger partial charge in [0.2, 0.25) is 5.76 Å². The summed E-state index contributed by atoms with van der Waals surface area (Å²) < 4.78 is 31.8. The van der Waals surface area contributed by atoms with Crippen molar-refractivity contribution >= 4 is 5.91 Å². The van der Waals surface area contributed by atoms with Crippen molar-refractivity contribution in [3.05, 3.63) is 58.5 Å². The highest BCUT2D eigenvalue weighted by Gasteiger charge is 2.37. The molecule has 1 amide bonds. The van der Waals surface area contributed by atoms with Gasteiger partial charge in [-0.2, -0.15) is 5.26 Å². The zero-order chi connectivity index (χ0) is 17.4. The summed E-state index contributed by atoms with van der Waals surface area (Å²) >= 11 is 0. The van der Waals surface area contributed by atoms with Gasteiger partial charge in [-0.25, -0.2) is 8.78 Å². The number of hydrogen-bond donors (Lipinski definition) is 1. The molecule has 1 aromatic carbocycles. The van der Waals surface area contributed by atoms with Crippen molar-refractivity contribution < 1.29 is 23.1 Å². The van der Waals surface area contributed by atoms with E-state index in [1.165, 1.54) is 17.0 Å². The molecule has 3 rings (SSSR count). The highest BCUT2D eigenvalue weighted by atomic mass is 19.2. The van der Waals surface area contributed by atoms with E-state index in [1.807, 2.05) is 6.07 Å². The van der Waals surface area contributed by atoms with E-state index in [2.05, 4.69) is 0 Å². The van der Waals surface area contributed by atoms with E-state index >= 15 is 0 Å². The van der Waals surface area contributed by atoms with Gasteiger partial charge in [0.15, 0.2) is 11.6 Å². The minimum atomic E-state index is -1.01. The van der Waals surface area contributed by atoms with Crippen LogP contribution >= 0.6 is 0 Å². The van der Waals surface area contributed by atoms with Crippen molar-refractivity contribution in [2.75, 3.05) is 6.54 Å². The lowest BCUT2D eigenvalue weighted by Crippen LogP contribution is -2.32. The summed E-state index contributed by atoms with van der Waals surface area (Å²) in [5, 5.41) is 18.8. The predicted molar refractivity (Wildman–Crippen MR) is 78.9 cm³/mol. The first kappa shape index (κ1) is 16.1. The Bertz CT molecular complexity index is 841. The lowest BCUT2D eigenvalue weighted by molar-refractivity contribution is 0.0713. The number of halogens is 2. The minimum absolute atomic E-state index is 0.0139. The summed E-state index contributed by atoms with van der Waals surface area (Å²) in [6, 6.07) is 6.00. The number of rotatable bonds is 2. The van der Waals surface area contributed by atoms with E-state index in [-0.39, 0.29) is 24.3 Å². The molecule has 2 heterocycles. The number of likely N-dealkylation sites (tertiary alicyclic amines) is 1. The van der Waals surface area contributed by atoms with Gasteiger partial charge in [-0.05, 0) is 31.0 Å². The molecule has 24 heavy (non-hydrogen) atoms. The molecule has 1 aliphatic heterocycles. The lowest BCUT2D eigenvalue weighted by atomic mass is 10.0. The first-order valence-electron chi connectivity index (χ1n) is 7.35. The maximum absolute atomic E-state index is 13.5. The Morgan fingerprint density at radius 1 is 1.38 bits per heavy atom. The van der Waals surface area contributed by atoms with Crippen molar-refractivity contribution in [3.63, 3.8) is 0 Å². The maximum atomic E-state index is 13.5. The van der Waals surface area contributed by atoms with E-state index in [0.29, 0.717) is 11.3 Å². The second-order valence-corrected chi connectivity index (χ2v) is 5.73. The van der Waals surface area contributed by atoms with Crippen LogP contribution < -0.4 is 0 Å². The number of β-amino-alcohol motifs (C(OH)–C–C–N with tert-alkyl or cyclic N) is 1. The molecule has 2 atom stereocenters. The Morgan fingerprint density at radius 3 is 2.75 bits per heavy atom. The summed E-state index contributed by atoms with van der Waals surface area (Å²) in [5.41, 5.74) is 0.619. The molecule has 124 valence electrons. The Balaban J connectivity index is 1.95. The standard InChI is InChI=1S/C17H14F2N2O3/c1-9-13(6-12(7-20)24-9)17(23)21-8-11(22)5-16(21)10-2-3-14(18)15(19)4-10/h2-4,6,11,16,22H,5,8H2,1H3. The molecular formula is C17H14F2N2O3. The molecule has 2 aromatic rings. The third-order valence-electron chi connectivity index (χ3n) is 4.13. The molecule has 1 saturated heterocycles. The van der Waals surface area contributed by atoms with Crippen LogP contribution in [0.5, 0.6) is 0 Å². The van der Waals surface area contributed by atoms with Crippen LogP contribution in [0.15, 0.2) is 28.7 Å². The van der Waals surface area contributed by atoms with Gasteiger partial charge in [-0.15, -0.1) is 0 Å². The SMILES string of the molecule is Cc1oc(C#N)cc1C(=O)N1CC(O)CC1c1ccc(F)c(F)c1. The van der Waals surface area contributed by atoms with Gasteiger partial charge in [-0.3, -0.25) is 4.79 Å². The number of furan rings is 1. The van der Waals surface area contributed by atoms with Crippen LogP contribution in [-0.2, 0) is 0 Å². The zero-order valence-electron chi connectivity index (χ0n) is 12.8. The zero-order valence-corrected chi connectivity index (χ0v) is 12.8. The van der Waals surface area contributed by atoms with E-state index in [9.17, 15) is 18.7 Å². The minimum Gasteiger partial charge on any atom is -0.450 e. The van der Waals surface area contributed by atoms with Crippen LogP contribution in [-0.4, -0.2) is 28.6 Å². The van der Waals surface area contributed by atoms with Gasteiger partial charge in [-0.1, -0.05) is 6.07 Å². The Kier molecular flexibility index (Phi) is 4.08. The van der Waals surface area contributed by atoms with Crippen molar-refractivity contribution in [2.45, 2.75) is 25.5 Å². The molecule has 1 aromatic heterocycles. The Hall–Kier alpha value is -2.72. The number of aliphatic hydroxyl groups is 1. The quantitative estimate of drug-likeness (QED) is 0.917. The number of amides is 1. The average Bonchev–Trinajstić information content (AvgIpc) is 3.12. The normalized spacial score (nSPS) is 20.2. The van der Waals surface area contributed by atoms with Crippen LogP contribution in [0, 0.1) is 29.9 Å². The van der Waals surface area contributed by atoms with Crippen molar-refractivity contribution in [1.29, 1.82) is 5.26 Å². The second kappa shape index (κ2) is 6.06. The molecule has 0 radical (unpaired) electrons. The second-order valence-electron chi connectivity index (χ2n) is 5.73. The smallest absolute Gasteiger partial charge is 0.258 e. The fourth-order valence-corrected chi connectivity index (χ4v) is 2.98. The topological polar surface area (TPSA) is 77.5 Å². The number of aliphatic hydroxyl groups excluding tert-OH is 1. The first-order chi connectivity index (χ1) is 11.4. The van der Waals surface area contributed by atoms with Crippen molar-refractivity contribution in [1.82, 2.24) is 4.90 Å². The van der Waals surface area contributed by atoms with Gasteiger partial charge >= 0.3 is 0 Å². The van der Waals surface area contributed by atoms with E-state index < -0.39 is 29.7 Å². The molecule has 0 spiro atoms. The van der Waals surface area contributed by atoms with E-state index in [0.717, 1.165) is 12.1 Å². The van der Waals surface area contributed by atoms with Gasteiger partial charge in [0, 0.05) is 12.6 Å². The molecule has 2 unspecified atom stereocenters. The number of aryl methyl sites for hydroxylation is 1. The summed E-state index contributed by atoms with van der Waals surface area (Å²) in [5.74, 6) is -2.10. The van der Waals surface area contributed by atoms with Crippen LogP contribution in [0.1, 0.15) is 39.9 Å². The van der Waals surface area contributed by atoms with Gasteiger partial charge in [0.05, 0.1) is 17.7 Å². The summed E-state index contributed by atoms with van der Waals surface area (Å²) in [6.07, 6.45) is -0.548. The molecule has 5 nitrogen and oxygen atoms in total. The number of nitrogens with zero attached hydrogens (tertiary/aromatic N) is 2. The van der Waals surface area contributed by atoms with Gasteiger partial charge < -0.3 is 14.4 Å². The third-order valence-corrected chi connectivity index (χ3v) is 4.13. The number of nitriles is 1. The van der Waals surface area contributed by atoms with Gasteiger partial charge in [0.1, 0.15) is 11.8 Å². The maximum Gasteiger partial charge on any atom is 0.258 e. The fourth-order valence-electron chi connectivity index (χ4n) is 2.98. The Labute approximate surface area is 136 Å². The van der Waals surface area contributed by atoms with Crippen LogP contribution in [0.3, 0.4) is 0 Å². The monoisotopic (exact) mass is 332 g/mol. The molecule has 1 aliphatic rings. The molecule has 0 saturated carbocycles. The van der Waals surface area contributed by atoms with Crippen LogP contribution in [0.25, 0.3) is 0 Å². The highest BCUT2D eigenvalue weighted by molar-refractivity contribution is 5.96. The largest absolute Gasteiger partial charge is 0.450 e. The fraction of sp³-hybridized carbons (Fsp3) is 0.294. The van der Waals surface area contributed by atoms with Crippen molar-refractivity contribution in [2.24, 2.45) is 0 Å². The van der Waals surface area contributed by atoms with E-state index in [4.69, 9.17) is 9.68 Å². The molecule has 7 heteroatoms. The Morgan fingerprint density at radius 2 is 2.12 bits per heavy atom. The summed E-state index contributed by atoms with van der Waals surface area (Å²) in [6.45, 7) is 1.63. The average molecular weight is 332 g/mol. The number of benzene rings is 1. The first-order valence-corrected chi connectivity index (χ1v) is 7.35. The van der Waals surface area contributed by atoms with Crippen LogP contribution in [0.2, 0.25) is 0 Å². The number of carbonyl (C=O) groups is 1. The van der Waals surface area contributed by atoms with Crippen LogP contribution in [0.4, 0.5) is 8.78 Å². The van der Waals surface area contributed by atoms with Gasteiger partial charge in [0.25, 0.3) is 5.91 Å². The number of hydrogen-bond acceptors (Lipinski definition) is 4. The molecule has 1 fully saturated rings. The number of carbonyl (C=O) groups excluding carboxylic acids is 1. The molecule has 1 N–H and O–H groups in total. The predicted octanol–water partition coefficient (Wildman–Crippen LogP) is 2.69. The molecule has 0 aliphatic carbocycles. The van der Waals surface area contributed by atoms with E-state index in [1.54, 1.807) is 6.92 Å². The molecule has 0 bridgehead atoms.